The van der Waals surface area contributed by atoms with Gasteiger partial charge in [-0.3, -0.25) is 4.79 Å². The van der Waals surface area contributed by atoms with Crippen molar-refractivity contribution in [1.82, 2.24) is 5.32 Å². The molecule has 0 saturated heterocycles. The van der Waals surface area contributed by atoms with E-state index >= 15 is 0 Å². The van der Waals surface area contributed by atoms with Gasteiger partial charge in [-0.05, 0) is 10.3 Å². The van der Waals surface area contributed by atoms with Gasteiger partial charge in [-0.1, -0.05) is 19.3 Å². The van der Waals surface area contributed by atoms with Crippen LogP contribution in [0.2, 0.25) is 0 Å². The number of Topliss-reactive ketones (excluding diaryl/α,β-unsaturated/α-hetero) is 1. The van der Waals surface area contributed by atoms with Gasteiger partial charge in [-0.25, -0.2) is 4.79 Å². The Morgan fingerprint density at radius 2 is 2.19 bits per heavy atom. The average Bonchev–Trinajstić information content (AvgIpc) is 2.26. The molecule has 0 radical (unpaired) electrons. The smallest absolute Gasteiger partial charge is 0.407 e. The van der Waals surface area contributed by atoms with E-state index in [4.69, 9.17) is 4.74 Å². The van der Waals surface area contributed by atoms with Crippen molar-refractivity contribution < 1.29 is 14.3 Å². The van der Waals surface area contributed by atoms with Gasteiger partial charge in [0.25, 0.3) is 0 Å². The van der Waals surface area contributed by atoms with Gasteiger partial charge < -0.3 is 10.1 Å². The zero-order chi connectivity index (χ0) is 12.2. The van der Waals surface area contributed by atoms with Crippen molar-refractivity contribution in [2.24, 2.45) is 0 Å². The maximum Gasteiger partial charge on any atom is 0.407 e. The van der Waals surface area contributed by atoms with Crippen LogP contribution in [0.5, 0.6) is 0 Å². The SMILES string of the molecule is CCCCNC(=O)OCCC(=O)CC#CI. The molecule has 0 aliphatic heterocycles. The topological polar surface area (TPSA) is 55.4 Å². The van der Waals surface area contributed by atoms with Crippen molar-refractivity contribution in [3.05, 3.63) is 0 Å². The molecule has 0 aliphatic carbocycles. The summed E-state index contributed by atoms with van der Waals surface area (Å²) in [5, 5.41) is 2.60. The van der Waals surface area contributed by atoms with Gasteiger partial charge in [0, 0.05) is 35.6 Å². The van der Waals surface area contributed by atoms with E-state index in [1.54, 1.807) is 0 Å². The second-order valence-electron chi connectivity index (χ2n) is 3.15. The fourth-order valence-electron chi connectivity index (χ4n) is 0.896. The predicted octanol–water partition coefficient (Wildman–Crippen LogP) is 2.26. The van der Waals surface area contributed by atoms with Crippen LogP contribution in [0.3, 0.4) is 0 Å². The van der Waals surface area contributed by atoms with Crippen LogP contribution in [0, 0.1) is 9.85 Å². The van der Waals surface area contributed by atoms with E-state index in [1.807, 2.05) is 29.5 Å². The first-order valence-electron chi connectivity index (χ1n) is 5.21. The van der Waals surface area contributed by atoms with Gasteiger partial charge in [0.15, 0.2) is 0 Å². The van der Waals surface area contributed by atoms with E-state index in [0.717, 1.165) is 12.8 Å². The Balaban J connectivity index is 3.45. The van der Waals surface area contributed by atoms with Crippen molar-refractivity contribution in [2.75, 3.05) is 13.2 Å². The van der Waals surface area contributed by atoms with Crippen LogP contribution in [-0.4, -0.2) is 25.0 Å². The Kier molecular flexibility index (Phi) is 10.2. The third-order valence-corrected chi connectivity index (χ3v) is 2.15. The maximum atomic E-state index is 11.1. The van der Waals surface area contributed by atoms with Crippen molar-refractivity contribution in [3.63, 3.8) is 0 Å². The summed E-state index contributed by atoms with van der Waals surface area (Å²) in [7, 11) is 0. The molecule has 0 fully saturated rings. The summed E-state index contributed by atoms with van der Waals surface area (Å²) >= 11 is 1.88. The molecule has 0 aromatic heterocycles. The van der Waals surface area contributed by atoms with Crippen LogP contribution >= 0.6 is 22.6 Å². The standard InChI is InChI=1S/C11H16INO3/c1-2-3-8-13-11(15)16-9-6-10(14)5-4-7-12/h2-3,5-6,8-9H2,1H3,(H,13,15). The number of amides is 1. The summed E-state index contributed by atoms with van der Waals surface area (Å²) in [6.45, 7) is 2.78. The van der Waals surface area contributed by atoms with Gasteiger partial charge >= 0.3 is 6.09 Å². The molecule has 0 aromatic carbocycles. The monoisotopic (exact) mass is 337 g/mol. The minimum Gasteiger partial charge on any atom is -0.449 e. The lowest BCUT2D eigenvalue weighted by molar-refractivity contribution is -0.118. The number of hydrogen-bond acceptors (Lipinski definition) is 3. The molecule has 4 nitrogen and oxygen atoms in total. The summed E-state index contributed by atoms with van der Waals surface area (Å²) < 4.78 is 7.43. The second-order valence-corrected chi connectivity index (χ2v) is 3.69. The zero-order valence-corrected chi connectivity index (χ0v) is 11.5. The summed E-state index contributed by atoms with van der Waals surface area (Å²) in [5.41, 5.74) is 0. The third kappa shape index (κ3) is 9.77. The molecular weight excluding hydrogens is 321 g/mol. The molecule has 0 aliphatic rings. The molecule has 0 unspecified atom stereocenters. The Morgan fingerprint density at radius 1 is 1.44 bits per heavy atom. The molecule has 0 saturated carbocycles. The molecule has 0 spiro atoms. The summed E-state index contributed by atoms with van der Waals surface area (Å²) in [6, 6.07) is 0. The highest BCUT2D eigenvalue weighted by molar-refractivity contribution is 14.1. The number of unbranched alkanes of at least 4 members (excludes halogenated alkanes) is 1. The van der Waals surface area contributed by atoms with Crippen molar-refractivity contribution in [2.45, 2.75) is 32.6 Å². The normalized spacial score (nSPS) is 8.88. The molecule has 0 aromatic rings. The number of hydrogen-bond donors (Lipinski definition) is 1. The number of halogens is 1. The largest absolute Gasteiger partial charge is 0.449 e. The Morgan fingerprint density at radius 3 is 2.81 bits per heavy atom. The molecular formula is C11H16INO3. The molecule has 0 bridgehead atoms. The van der Waals surface area contributed by atoms with Gasteiger partial charge in [-0.15, -0.1) is 0 Å². The molecule has 1 N–H and O–H groups in total. The zero-order valence-electron chi connectivity index (χ0n) is 9.35. The minimum absolute atomic E-state index is 0.00877. The van der Waals surface area contributed by atoms with E-state index in [9.17, 15) is 9.59 Å². The van der Waals surface area contributed by atoms with E-state index in [0.29, 0.717) is 6.54 Å². The molecule has 1 amide bonds. The highest BCUT2D eigenvalue weighted by atomic mass is 127. The van der Waals surface area contributed by atoms with E-state index in [1.165, 1.54) is 0 Å². The Labute approximate surface area is 110 Å². The lowest BCUT2D eigenvalue weighted by atomic mass is 10.2. The van der Waals surface area contributed by atoms with E-state index in [-0.39, 0.29) is 25.2 Å². The Bertz CT molecular complexity index is 281. The van der Waals surface area contributed by atoms with Crippen LogP contribution in [0.4, 0.5) is 4.79 Å². The van der Waals surface area contributed by atoms with Crippen LogP contribution in [0.25, 0.3) is 0 Å². The van der Waals surface area contributed by atoms with Gasteiger partial charge in [0.1, 0.15) is 12.4 Å². The predicted molar refractivity (Wildman–Crippen MR) is 70.3 cm³/mol. The molecule has 0 atom stereocenters. The van der Waals surface area contributed by atoms with Gasteiger partial charge in [-0.2, -0.15) is 0 Å². The molecule has 16 heavy (non-hydrogen) atoms. The Hall–Kier alpha value is -0.770. The summed E-state index contributed by atoms with van der Waals surface area (Å²) in [6.07, 6.45) is 1.95. The van der Waals surface area contributed by atoms with Crippen molar-refractivity contribution in [1.29, 1.82) is 0 Å². The van der Waals surface area contributed by atoms with Gasteiger partial charge in [0.2, 0.25) is 0 Å². The number of ketones is 1. The third-order valence-electron chi connectivity index (χ3n) is 1.77. The van der Waals surface area contributed by atoms with Crippen LogP contribution < -0.4 is 5.32 Å². The lowest BCUT2D eigenvalue weighted by Gasteiger charge is -2.05. The summed E-state index contributed by atoms with van der Waals surface area (Å²) in [4.78, 5) is 22.2. The van der Waals surface area contributed by atoms with Crippen LogP contribution in [-0.2, 0) is 9.53 Å². The average molecular weight is 337 g/mol. The lowest BCUT2D eigenvalue weighted by Crippen LogP contribution is -2.26. The fraction of sp³-hybridized carbons (Fsp3) is 0.636. The first-order valence-corrected chi connectivity index (χ1v) is 6.29. The number of carbonyl (C=O) groups is 2. The first kappa shape index (κ1) is 15.2. The number of nitrogens with one attached hydrogen (secondary N) is 1. The van der Waals surface area contributed by atoms with Crippen molar-refractivity contribution >= 4 is 34.5 Å². The molecule has 0 heterocycles. The van der Waals surface area contributed by atoms with E-state index < -0.39 is 6.09 Å². The van der Waals surface area contributed by atoms with E-state index in [2.05, 4.69) is 15.2 Å². The molecule has 90 valence electrons. The number of alkyl carbamates (subject to hydrolysis) is 1. The fourth-order valence-corrected chi connectivity index (χ4v) is 1.09. The van der Waals surface area contributed by atoms with Crippen LogP contribution in [0.15, 0.2) is 0 Å². The molecule has 0 rings (SSSR count). The highest BCUT2D eigenvalue weighted by Gasteiger charge is 2.03. The number of rotatable bonds is 7. The number of ether oxygens (including phenoxy) is 1. The number of carbonyl (C=O) groups excluding carboxylic acids is 2. The minimum atomic E-state index is -0.457. The van der Waals surface area contributed by atoms with Gasteiger partial charge in [0.05, 0.1) is 6.42 Å². The van der Waals surface area contributed by atoms with Crippen molar-refractivity contribution in [3.8, 4) is 9.85 Å². The molecule has 5 heteroatoms. The highest BCUT2D eigenvalue weighted by Crippen LogP contribution is 1.92. The maximum absolute atomic E-state index is 11.1. The van der Waals surface area contributed by atoms with Crippen LogP contribution in [0.1, 0.15) is 32.6 Å². The second kappa shape index (κ2) is 10.7. The first-order chi connectivity index (χ1) is 7.70. The quantitative estimate of drug-likeness (QED) is 0.440. The summed E-state index contributed by atoms with van der Waals surface area (Å²) in [5.74, 6) is 2.65.